The summed E-state index contributed by atoms with van der Waals surface area (Å²) in [6, 6.07) is 17.4. The zero-order valence-corrected chi connectivity index (χ0v) is 13.8. The van der Waals surface area contributed by atoms with E-state index in [2.05, 4.69) is 10.4 Å². The summed E-state index contributed by atoms with van der Waals surface area (Å²) >= 11 is 0. The van der Waals surface area contributed by atoms with Crippen molar-refractivity contribution in [2.24, 2.45) is 0 Å². The predicted molar refractivity (Wildman–Crippen MR) is 98.2 cm³/mol. The summed E-state index contributed by atoms with van der Waals surface area (Å²) in [5.41, 5.74) is 2.35. The van der Waals surface area contributed by atoms with E-state index in [-0.39, 0.29) is 5.91 Å². The maximum atomic E-state index is 12.4. The first-order valence-corrected chi connectivity index (χ1v) is 8.09. The number of fused-ring (bicyclic) bond motifs is 1. The van der Waals surface area contributed by atoms with Crippen molar-refractivity contribution >= 4 is 22.6 Å². The van der Waals surface area contributed by atoms with Gasteiger partial charge < -0.3 is 9.73 Å². The number of nitrogens with zero attached hydrogens (tertiary/aromatic N) is 2. The minimum Gasteiger partial charge on any atom is -0.423 e. The third-order valence-corrected chi connectivity index (χ3v) is 4.00. The minimum atomic E-state index is -0.399. The maximum absolute atomic E-state index is 12.4. The molecule has 0 saturated carbocycles. The van der Waals surface area contributed by atoms with Gasteiger partial charge in [0.15, 0.2) is 0 Å². The molecule has 0 aliphatic heterocycles. The number of amides is 1. The number of hydrogen-bond acceptors (Lipinski definition) is 4. The van der Waals surface area contributed by atoms with Gasteiger partial charge in [0.05, 0.1) is 6.54 Å². The first-order valence-electron chi connectivity index (χ1n) is 8.09. The molecule has 0 aliphatic rings. The topological polar surface area (TPSA) is 77.1 Å². The summed E-state index contributed by atoms with van der Waals surface area (Å²) < 4.78 is 6.91. The fourth-order valence-corrected chi connectivity index (χ4v) is 2.70. The first kappa shape index (κ1) is 15.8. The van der Waals surface area contributed by atoms with Gasteiger partial charge in [-0.2, -0.15) is 5.10 Å². The van der Waals surface area contributed by atoms with Crippen LogP contribution in [-0.2, 0) is 6.54 Å². The molecular weight excluding hydrogens is 330 g/mol. The van der Waals surface area contributed by atoms with Crippen LogP contribution in [0.15, 0.2) is 82.3 Å². The Hall–Kier alpha value is -3.67. The monoisotopic (exact) mass is 345 g/mol. The van der Waals surface area contributed by atoms with E-state index in [1.807, 2.05) is 29.1 Å². The zero-order chi connectivity index (χ0) is 17.9. The van der Waals surface area contributed by atoms with E-state index in [9.17, 15) is 9.59 Å². The van der Waals surface area contributed by atoms with E-state index < -0.39 is 5.63 Å². The number of carbonyl (C=O) groups is 1. The third-order valence-electron chi connectivity index (χ3n) is 4.00. The molecule has 128 valence electrons. The van der Waals surface area contributed by atoms with Crippen LogP contribution in [0.4, 0.5) is 5.69 Å². The highest BCUT2D eigenvalue weighted by atomic mass is 16.4. The van der Waals surface area contributed by atoms with Gasteiger partial charge in [-0.05, 0) is 48.0 Å². The molecular formula is C20H15N3O3. The Kier molecular flexibility index (Phi) is 4.07. The minimum absolute atomic E-state index is 0.202. The normalized spacial score (nSPS) is 10.8. The first-order chi connectivity index (χ1) is 12.7. The average Bonchev–Trinajstić information content (AvgIpc) is 3.15. The van der Waals surface area contributed by atoms with Gasteiger partial charge in [-0.3, -0.25) is 9.48 Å². The van der Waals surface area contributed by atoms with Crippen LogP contribution in [-0.4, -0.2) is 15.7 Å². The van der Waals surface area contributed by atoms with Crippen molar-refractivity contribution in [3.05, 3.63) is 94.6 Å². The van der Waals surface area contributed by atoms with Gasteiger partial charge >= 0.3 is 5.63 Å². The number of carbonyl (C=O) groups excluding carboxylic acids is 1. The van der Waals surface area contributed by atoms with Gasteiger partial charge in [-0.25, -0.2) is 4.79 Å². The molecule has 2 heterocycles. The van der Waals surface area contributed by atoms with Crippen molar-refractivity contribution in [2.75, 3.05) is 5.32 Å². The second-order valence-corrected chi connectivity index (χ2v) is 5.86. The molecule has 6 heteroatoms. The zero-order valence-electron chi connectivity index (χ0n) is 13.8. The summed E-state index contributed by atoms with van der Waals surface area (Å²) in [6.07, 6.45) is 3.62. The van der Waals surface area contributed by atoms with Crippen LogP contribution in [0.25, 0.3) is 11.0 Å². The Balaban J connectivity index is 1.49. The fraction of sp³-hybridized carbons (Fsp3) is 0.0500. The highest BCUT2D eigenvalue weighted by molar-refractivity contribution is 6.05. The van der Waals surface area contributed by atoms with E-state index in [0.29, 0.717) is 23.4 Å². The molecule has 0 spiro atoms. The van der Waals surface area contributed by atoms with E-state index in [1.54, 1.807) is 42.6 Å². The Bertz CT molecular complexity index is 1110. The van der Waals surface area contributed by atoms with Gasteiger partial charge in [-0.1, -0.05) is 12.1 Å². The van der Waals surface area contributed by atoms with E-state index in [0.717, 1.165) is 10.9 Å². The highest BCUT2D eigenvalue weighted by Gasteiger charge is 2.07. The molecule has 4 rings (SSSR count). The lowest BCUT2D eigenvalue weighted by Gasteiger charge is -2.07. The number of nitrogens with one attached hydrogen (secondary N) is 1. The van der Waals surface area contributed by atoms with Gasteiger partial charge in [0, 0.05) is 35.1 Å². The molecule has 26 heavy (non-hydrogen) atoms. The van der Waals surface area contributed by atoms with Crippen molar-refractivity contribution in [3.63, 3.8) is 0 Å². The van der Waals surface area contributed by atoms with Crippen LogP contribution >= 0.6 is 0 Å². The quantitative estimate of drug-likeness (QED) is 0.576. The second-order valence-electron chi connectivity index (χ2n) is 5.86. The van der Waals surface area contributed by atoms with Gasteiger partial charge in [0.25, 0.3) is 5.91 Å². The number of rotatable bonds is 4. The van der Waals surface area contributed by atoms with Crippen molar-refractivity contribution < 1.29 is 9.21 Å². The third kappa shape index (κ3) is 3.39. The summed E-state index contributed by atoms with van der Waals surface area (Å²) in [5.74, 6) is -0.202. The second kappa shape index (κ2) is 6.68. The molecule has 0 atom stereocenters. The largest absolute Gasteiger partial charge is 0.423 e. The molecule has 6 nitrogen and oxygen atoms in total. The molecule has 4 aromatic rings. The molecule has 0 aliphatic carbocycles. The van der Waals surface area contributed by atoms with Gasteiger partial charge in [-0.15, -0.1) is 0 Å². The van der Waals surface area contributed by atoms with Crippen LogP contribution in [0, 0.1) is 0 Å². The van der Waals surface area contributed by atoms with Crippen molar-refractivity contribution in [1.82, 2.24) is 9.78 Å². The SMILES string of the molecule is O=C(Nc1ccc2oc(=O)ccc2c1)c1ccc(Cn2cccn2)cc1. The molecule has 1 N–H and O–H groups in total. The standard InChI is InChI=1S/C20H15N3O3/c24-19-9-6-16-12-17(7-8-18(16)26-19)22-20(25)15-4-2-14(3-5-15)13-23-11-1-10-21-23/h1-12H,13H2,(H,22,25). The van der Waals surface area contributed by atoms with Crippen LogP contribution < -0.4 is 10.9 Å². The molecule has 2 aromatic heterocycles. The number of aromatic nitrogens is 2. The van der Waals surface area contributed by atoms with Gasteiger partial charge in [0.1, 0.15) is 5.58 Å². The van der Waals surface area contributed by atoms with Crippen molar-refractivity contribution in [3.8, 4) is 0 Å². The van der Waals surface area contributed by atoms with Crippen LogP contribution in [0.3, 0.4) is 0 Å². The Morgan fingerprint density at radius 1 is 1.08 bits per heavy atom. The highest BCUT2D eigenvalue weighted by Crippen LogP contribution is 2.18. The predicted octanol–water partition coefficient (Wildman–Crippen LogP) is 3.29. The number of anilines is 1. The Morgan fingerprint density at radius 3 is 2.69 bits per heavy atom. The maximum Gasteiger partial charge on any atom is 0.336 e. The fourth-order valence-electron chi connectivity index (χ4n) is 2.70. The molecule has 1 amide bonds. The molecule has 0 saturated heterocycles. The van der Waals surface area contributed by atoms with E-state index >= 15 is 0 Å². The molecule has 0 fully saturated rings. The lowest BCUT2D eigenvalue weighted by Crippen LogP contribution is -2.12. The van der Waals surface area contributed by atoms with Crippen molar-refractivity contribution in [2.45, 2.75) is 6.54 Å². The summed E-state index contributed by atoms with van der Waals surface area (Å²) in [4.78, 5) is 23.6. The summed E-state index contributed by atoms with van der Waals surface area (Å²) in [7, 11) is 0. The lowest BCUT2D eigenvalue weighted by atomic mass is 10.1. The molecule has 2 aromatic carbocycles. The van der Waals surface area contributed by atoms with Crippen LogP contribution in [0.5, 0.6) is 0 Å². The van der Waals surface area contributed by atoms with Gasteiger partial charge in [0.2, 0.25) is 0 Å². The summed E-state index contributed by atoms with van der Waals surface area (Å²) in [6.45, 7) is 0.658. The lowest BCUT2D eigenvalue weighted by molar-refractivity contribution is 0.102. The summed E-state index contributed by atoms with van der Waals surface area (Å²) in [5, 5.41) is 7.77. The van der Waals surface area contributed by atoms with Crippen LogP contribution in [0.1, 0.15) is 15.9 Å². The molecule has 0 unspecified atom stereocenters. The van der Waals surface area contributed by atoms with Crippen molar-refractivity contribution in [1.29, 1.82) is 0 Å². The number of benzene rings is 2. The smallest absolute Gasteiger partial charge is 0.336 e. The Labute approximate surface area is 148 Å². The number of hydrogen-bond donors (Lipinski definition) is 1. The molecule has 0 bridgehead atoms. The van der Waals surface area contributed by atoms with E-state index in [4.69, 9.17) is 4.42 Å². The van der Waals surface area contributed by atoms with E-state index in [1.165, 1.54) is 6.07 Å². The molecule has 0 radical (unpaired) electrons. The average molecular weight is 345 g/mol. The Morgan fingerprint density at radius 2 is 1.92 bits per heavy atom. The van der Waals surface area contributed by atoms with Crippen LogP contribution in [0.2, 0.25) is 0 Å².